The summed E-state index contributed by atoms with van der Waals surface area (Å²) in [6.07, 6.45) is -0.170. The first-order chi connectivity index (χ1) is 14.9. The maximum atomic E-state index is 12.8. The number of nitrogens with zero attached hydrogens (tertiary/aromatic N) is 1. The second kappa shape index (κ2) is 8.49. The molecule has 158 valence electrons. The number of para-hydroxylation sites is 2. The third-order valence-electron chi connectivity index (χ3n) is 4.74. The number of hydrogen-bond acceptors (Lipinski definition) is 6. The van der Waals surface area contributed by atoms with Gasteiger partial charge in [-0.2, -0.15) is 4.98 Å². The highest BCUT2D eigenvalue weighted by Gasteiger charge is 2.34. The Balaban J connectivity index is 1.64. The van der Waals surface area contributed by atoms with Crippen LogP contribution in [-0.2, 0) is 9.59 Å². The second-order valence-corrected chi connectivity index (χ2v) is 7.24. The van der Waals surface area contributed by atoms with E-state index in [0.717, 1.165) is 0 Å². The fraction of sp³-hybridized carbons (Fsp3) is 0.143. The second-order valence-electron chi connectivity index (χ2n) is 6.80. The predicted molar refractivity (Wildman–Crippen MR) is 117 cm³/mol. The molecule has 2 heterocycles. The zero-order valence-corrected chi connectivity index (χ0v) is 17.1. The molecule has 0 radical (unpaired) electrons. The molecule has 9 nitrogen and oxygen atoms in total. The van der Waals surface area contributed by atoms with Crippen LogP contribution >= 0.6 is 11.6 Å². The summed E-state index contributed by atoms with van der Waals surface area (Å²) in [5.41, 5.74) is 0.642. The highest BCUT2D eigenvalue weighted by Crippen LogP contribution is 2.31. The molecule has 0 saturated heterocycles. The number of rotatable bonds is 5. The van der Waals surface area contributed by atoms with Gasteiger partial charge < -0.3 is 20.7 Å². The number of ether oxygens (including phenoxy) is 1. The Bertz CT molecular complexity index is 1210. The Morgan fingerprint density at radius 3 is 2.65 bits per heavy atom. The Labute approximate surface area is 181 Å². The number of halogens is 1. The minimum Gasteiger partial charge on any atom is -0.495 e. The van der Waals surface area contributed by atoms with Gasteiger partial charge >= 0.3 is 0 Å². The molecule has 0 aliphatic carbocycles. The summed E-state index contributed by atoms with van der Waals surface area (Å²) in [5.74, 6) is -1.20. The minimum absolute atomic E-state index is 0.0358. The number of aromatic nitrogens is 2. The van der Waals surface area contributed by atoms with E-state index in [1.165, 1.54) is 7.11 Å². The Morgan fingerprint density at radius 2 is 1.90 bits per heavy atom. The van der Waals surface area contributed by atoms with Crippen LogP contribution in [0.4, 0.5) is 23.1 Å². The van der Waals surface area contributed by atoms with E-state index in [-0.39, 0.29) is 23.8 Å². The monoisotopic (exact) mass is 439 g/mol. The summed E-state index contributed by atoms with van der Waals surface area (Å²) < 4.78 is 5.28. The number of anilines is 4. The van der Waals surface area contributed by atoms with E-state index in [1.54, 1.807) is 48.5 Å². The molecule has 2 aromatic carbocycles. The lowest BCUT2D eigenvalue weighted by Crippen LogP contribution is -2.36. The standard InChI is InChI=1S/C21H18ClN5O4/c1-31-15-5-3-2-4-14(15)24-21-26-18-17(20(30)27-21)13(10-16(28)25-18)19(29)23-12-8-6-11(22)7-9-12/h2-9,13H,10H2,1H3,(H,23,29)(H3,24,25,26,27,28,30). The molecule has 0 spiro atoms. The van der Waals surface area contributed by atoms with E-state index < -0.39 is 23.3 Å². The normalized spacial score (nSPS) is 14.9. The lowest BCUT2D eigenvalue weighted by molar-refractivity contribution is -0.123. The molecule has 0 saturated carbocycles. The largest absolute Gasteiger partial charge is 0.495 e. The van der Waals surface area contributed by atoms with Gasteiger partial charge in [0.05, 0.1) is 24.3 Å². The van der Waals surface area contributed by atoms with Crippen molar-refractivity contribution in [3.8, 4) is 5.75 Å². The maximum Gasteiger partial charge on any atom is 0.258 e. The molecule has 0 bridgehead atoms. The average molecular weight is 440 g/mol. The number of carbonyl (C=O) groups excluding carboxylic acids is 2. The molecule has 1 aromatic heterocycles. The van der Waals surface area contributed by atoms with Crippen LogP contribution in [0.15, 0.2) is 53.3 Å². The number of amides is 2. The van der Waals surface area contributed by atoms with Crippen molar-refractivity contribution in [2.75, 3.05) is 23.1 Å². The lowest BCUT2D eigenvalue weighted by atomic mass is 9.92. The van der Waals surface area contributed by atoms with E-state index >= 15 is 0 Å². The van der Waals surface area contributed by atoms with Gasteiger partial charge in [0, 0.05) is 17.1 Å². The van der Waals surface area contributed by atoms with Gasteiger partial charge in [-0.3, -0.25) is 19.4 Å². The fourth-order valence-electron chi connectivity index (χ4n) is 3.29. The van der Waals surface area contributed by atoms with Crippen molar-refractivity contribution < 1.29 is 14.3 Å². The van der Waals surface area contributed by atoms with Gasteiger partial charge in [0.2, 0.25) is 17.8 Å². The van der Waals surface area contributed by atoms with Gasteiger partial charge in [-0.25, -0.2) is 0 Å². The molecular formula is C21H18ClN5O4. The molecule has 2 amide bonds. The van der Waals surface area contributed by atoms with Gasteiger partial charge in [0.25, 0.3) is 5.56 Å². The summed E-state index contributed by atoms with van der Waals surface area (Å²) in [7, 11) is 1.52. The van der Waals surface area contributed by atoms with Crippen LogP contribution in [0.25, 0.3) is 0 Å². The number of aromatic amines is 1. The molecule has 0 fully saturated rings. The van der Waals surface area contributed by atoms with Crippen LogP contribution in [-0.4, -0.2) is 28.9 Å². The van der Waals surface area contributed by atoms with Crippen LogP contribution in [0.2, 0.25) is 5.02 Å². The molecule has 10 heteroatoms. The van der Waals surface area contributed by atoms with Gasteiger partial charge in [-0.15, -0.1) is 0 Å². The SMILES string of the molecule is COc1ccccc1Nc1nc2c(c(=O)[nH]1)C(C(=O)Nc1ccc(Cl)cc1)CC(=O)N2. The third-order valence-corrected chi connectivity index (χ3v) is 4.99. The summed E-state index contributed by atoms with van der Waals surface area (Å²) in [5, 5.41) is 8.77. The van der Waals surface area contributed by atoms with Gasteiger partial charge in [0.1, 0.15) is 11.6 Å². The van der Waals surface area contributed by atoms with Gasteiger partial charge in [-0.1, -0.05) is 23.7 Å². The smallest absolute Gasteiger partial charge is 0.258 e. The van der Waals surface area contributed by atoms with Crippen molar-refractivity contribution in [1.29, 1.82) is 0 Å². The van der Waals surface area contributed by atoms with Crippen molar-refractivity contribution in [3.63, 3.8) is 0 Å². The average Bonchev–Trinajstić information content (AvgIpc) is 2.75. The highest BCUT2D eigenvalue weighted by molar-refractivity contribution is 6.30. The lowest BCUT2D eigenvalue weighted by Gasteiger charge is -2.23. The quantitative estimate of drug-likeness (QED) is 0.483. The van der Waals surface area contributed by atoms with E-state index in [1.807, 2.05) is 0 Å². The zero-order valence-electron chi connectivity index (χ0n) is 16.4. The predicted octanol–water partition coefficient (Wildman–Crippen LogP) is 3.24. The Morgan fingerprint density at radius 1 is 1.16 bits per heavy atom. The topological polar surface area (TPSA) is 125 Å². The van der Waals surface area contributed by atoms with Gasteiger partial charge in [0.15, 0.2) is 0 Å². The van der Waals surface area contributed by atoms with E-state index in [9.17, 15) is 14.4 Å². The number of fused-ring (bicyclic) bond motifs is 1. The first kappa shape index (κ1) is 20.4. The molecule has 31 heavy (non-hydrogen) atoms. The molecule has 1 atom stereocenters. The van der Waals surface area contributed by atoms with Crippen molar-refractivity contribution in [2.45, 2.75) is 12.3 Å². The number of benzene rings is 2. The molecule has 4 rings (SSSR count). The molecule has 1 aliphatic rings. The van der Waals surface area contributed by atoms with Crippen LogP contribution < -0.4 is 26.2 Å². The van der Waals surface area contributed by atoms with Crippen LogP contribution in [0.1, 0.15) is 17.9 Å². The molecule has 3 aromatic rings. The number of methoxy groups -OCH3 is 1. The van der Waals surface area contributed by atoms with E-state index in [2.05, 4.69) is 25.9 Å². The third kappa shape index (κ3) is 4.36. The van der Waals surface area contributed by atoms with Gasteiger partial charge in [-0.05, 0) is 36.4 Å². The van der Waals surface area contributed by atoms with Crippen molar-refractivity contribution in [1.82, 2.24) is 9.97 Å². The van der Waals surface area contributed by atoms with Crippen molar-refractivity contribution in [2.24, 2.45) is 0 Å². The number of carbonyl (C=O) groups is 2. The van der Waals surface area contributed by atoms with Crippen LogP contribution in [0.5, 0.6) is 5.75 Å². The molecule has 1 aliphatic heterocycles. The number of hydrogen-bond donors (Lipinski definition) is 4. The Hall–Kier alpha value is -3.85. The van der Waals surface area contributed by atoms with Crippen LogP contribution in [0.3, 0.4) is 0 Å². The highest BCUT2D eigenvalue weighted by atomic mass is 35.5. The van der Waals surface area contributed by atoms with Crippen molar-refractivity contribution in [3.05, 3.63) is 69.5 Å². The summed E-state index contributed by atoms with van der Waals surface area (Å²) in [6, 6.07) is 13.6. The Kier molecular flexibility index (Phi) is 5.59. The van der Waals surface area contributed by atoms with E-state index in [4.69, 9.17) is 16.3 Å². The summed E-state index contributed by atoms with van der Waals surface area (Å²) in [4.78, 5) is 44.8. The molecular weight excluding hydrogens is 422 g/mol. The molecule has 4 N–H and O–H groups in total. The fourth-order valence-corrected chi connectivity index (χ4v) is 3.42. The maximum absolute atomic E-state index is 12.8. The minimum atomic E-state index is -0.990. The zero-order chi connectivity index (χ0) is 22.0. The van der Waals surface area contributed by atoms with E-state index in [0.29, 0.717) is 22.1 Å². The van der Waals surface area contributed by atoms with Crippen LogP contribution in [0, 0.1) is 0 Å². The summed E-state index contributed by atoms with van der Waals surface area (Å²) in [6.45, 7) is 0. The number of H-pyrrole nitrogens is 1. The molecule has 1 unspecified atom stereocenters. The summed E-state index contributed by atoms with van der Waals surface area (Å²) >= 11 is 5.86. The number of nitrogens with one attached hydrogen (secondary N) is 4. The first-order valence-electron chi connectivity index (χ1n) is 9.35. The first-order valence-corrected chi connectivity index (χ1v) is 9.73. The van der Waals surface area contributed by atoms with Crippen molar-refractivity contribution >= 4 is 46.6 Å².